The maximum absolute atomic E-state index is 12.9. The number of carbonyl (C=O) groups excluding carboxylic acids is 1. The molecule has 1 amide bonds. The Kier molecular flexibility index (Phi) is 8.13. The third-order valence-corrected chi connectivity index (χ3v) is 6.18. The molecule has 0 aliphatic carbocycles. The minimum atomic E-state index is -0.951. The second-order valence-electron chi connectivity index (χ2n) is 8.83. The summed E-state index contributed by atoms with van der Waals surface area (Å²) in [5, 5.41) is 22.7. The Morgan fingerprint density at radius 3 is 2.29 bits per heavy atom. The average molecular weight is 475 g/mol. The van der Waals surface area contributed by atoms with Gasteiger partial charge in [0.25, 0.3) is 5.91 Å². The lowest BCUT2D eigenvalue weighted by atomic mass is 10.1. The number of nitrogens with zero attached hydrogens (tertiary/aromatic N) is 1. The van der Waals surface area contributed by atoms with Crippen molar-refractivity contribution >= 4 is 11.9 Å². The molecule has 0 spiro atoms. The topological polar surface area (TPSA) is 99.1 Å². The van der Waals surface area contributed by atoms with E-state index < -0.39 is 18.1 Å². The van der Waals surface area contributed by atoms with E-state index in [9.17, 15) is 14.7 Å². The van der Waals surface area contributed by atoms with Gasteiger partial charge in [-0.1, -0.05) is 42.5 Å². The molecule has 7 nitrogen and oxygen atoms in total. The highest BCUT2D eigenvalue weighted by atomic mass is 16.5. The Labute approximate surface area is 205 Å². The summed E-state index contributed by atoms with van der Waals surface area (Å²) in [5.74, 6) is -0.510. The van der Waals surface area contributed by atoms with Crippen molar-refractivity contribution in [1.82, 2.24) is 10.2 Å². The van der Waals surface area contributed by atoms with Gasteiger partial charge in [-0.2, -0.15) is 0 Å². The van der Waals surface area contributed by atoms with E-state index >= 15 is 0 Å². The summed E-state index contributed by atoms with van der Waals surface area (Å²) >= 11 is 0. The van der Waals surface area contributed by atoms with Gasteiger partial charge in [0, 0.05) is 18.7 Å². The number of hydrogen-bond acceptors (Lipinski definition) is 5. The third-order valence-electron chi connectivity index (χ3n) is 6.18. The fourth-order valence-electron chi connectivity index (χ4n) is 4.21. The van der Waals surface area contributed by atoms with E-state index in [0.717, 1.165) is 24.1 Å². The summed E-state index contributed by atoms with van der Waals surface area (Å²) in [5.41, 5.74) is 2.81. The zero-order valence-electron chi connectivity index (χ0n) is 19.5. The monoisotopic (exact) mass is 474 g/mol. The van der Waals surface area contributed by atoms with Crippen LogP contribution in [0.2, 0.25) is 0 Å². The van der Waals surface area contributed by atoms with Crippen molar-refractivity contribution in [2.24, 2.45) is 0 Å². The fourth-order valence-corrected chi connectivity index (χ4v) is 4.21. The van der Waals surface area contributed by atoms with Gasteiger partial charge in [-0.05, 0) is 66.9 Å². The number of carbonyl (C=O) groups is 2. The Balaban J connectivity index is 1.33. The Bertz CT molecular complexity index is 1120. The van der Waals surface area contributed by atoms with Crippen LogP contribution in [0, 0.1) is 0 Å². The number of aliphatic hydroxyl groups is 1. The van der Waals surface area contributed by atoms with E-state index in [0.29, 0.717) is 37.4 Å². The maximum atomic E-state index is 12.9. The van der Waals surface area contributed by atoms with Crippen LogP contribution in [0.3, 0.4) is 0 Å². The first-order valence-corrected chi connectivity index (χ1v) is 11.8. The highest BCUT2D eigenvalue weighted by molar-refractivity contribution is 5.94. The van der Waals surface area contributed by atoms with Crippen molar-refractivity contribution < 1.29 is 24.5 Å². The number of carboxylic acid groups (broad SMARTS) is 1. The average Bonchev–Trinajstić information content (AvgIpc) is 3.04. The summed E-state index contributed by atoms with van der Waals surface area (Å²) < 4.78 is 5.79. The lowest BCUT2D eigenvalue weighted by Gasteiger charge is -2.27. The van der Waals surface area contributed by atoms with Gasteiger partial charge in [-0.3, -0.25) is 9.69 Å². The van der Waals surface area contributed by atoms with E-state index in [1.807, 2.05) is 30.3 Å². The Morgan fingerprint density at radius 2 is 1.60 bits per heavy atom. The molecular weight excluding hydrogens is 444 g/mol. The minimum absolute atomic E-state index is 0.240. The maximum Gasteiger partial charge on any atom is 0.335 e. The van der Waals surface area contributed by atoms with Crippen LogP contribution in [-0.2, 0) is 13.2 Å². The quantitative estimate of drug-likeness (QED) is 0.460. The lowest BCUT2D eigenvalue weighted by molar-refractivity contribution is 0.0696. The number of benzene rings is 3. The molecule has 1 saturated heterocycles. The number of carboxylic acids is 1. The highest BCUT2D eigenvalue weighted by Gasteiger charge is 2.27. The van der Waals surface area contributed by atoms with Crippen LogP contribution in [0.15, 0.2) is 78.9 Å². The molecule has 182 valence electrons. The molecule has 0 radical (unpaired) electrons. The van der Waals surface area contributed by atoms with Crippen molar-refractivity contribution in [1.29, 1.82) is 0 Å². The van der Waals surface area contributed by atoms with Gasteiger partial charge in [-0.25, -0.2) is 4.79 Å². The van der Waals surface area contributed by atoms with Gasteiger partial charge in [-0.15, -0.1) is 0 Å². The van der Waals surface area contributed by atoms with Crippen molar-refractivity contribution in [3.8, 4) is 5.75 Å². The minimum Gasteiger partial charge on any atom is -0.489 e. The van der Waals surface area contributed by atoms with Crippen LogP contribution in [0.25, 0.3) is 0 Å². The second kappa shape index (κ2) is 11.6. The number of ether oxygens (including phenoxy) is 1. The molecule has 0 bridgehead atoms. The summed E-state index contributed by atoms with van der Waals surface area (Å²) in [4.78, 5) is 26.1. The first-order valence-electron chi connectivity index (χ1n) is 11.8. The fraction of sp³-hybridized carbons (Fsp3) is 0.286. The van der Waals surface area contributed by atoms with Gasteiger partial charge < -0.3 is 20.3 Å². The van der Waals surface area contributed by atoms with Gasteiger partial charge in [0.1, 0.15) is 12.4 Å². The molecule has 1 aliphatic heterocycles. The smallest absolute Gasteiger partial charge is 0.335 e. The predicted octanol–water partition coefficient (Wildman–Crippen LogP) is 3.72. The van der Waals surface area contributed by atoms with E-state index in [4.69, 9.17) is 9.84 Å². The molecule has 0 saturated carbocycles. The summed E-state index contributed by atoms with van der Waals surface area (Å²) in [6, 6.07) is 23.3. The number of rotatable bonds is 8. The molecule has 1 heterocycles. The normalized spacial score (nSPS) is 18.4. The number of aliphatic hydroxyl groups excluding tert-OH is 1. The van der Waals surface area contributed by atoms with Gasteiger partial charge in [0.15, 0.2) is 0 Å². The van der Waals surface area contributed by atoms with E-state index in [-0.39, 0.29) is 11.5 Å². The number of aromatic carboxylic acids is 1. The summed E-state index contributed by atoms with van der Waals surface area (Å²) in [6.45, 7) is 2.37. The summed E-state index contributed by atoms with van der Waals surface area (Å²) in [6.07, 6.45) is 0.784. The van der Waals surface area contributed by atoms with Crippen molar-refractivity contribution in [3.05, 3.63) is 101 Å². The van der Waals surface area contributed by atoms with E-state index in [1.165, 1.54) is 0 Å². The van der Waals surface area contributed by atoms with Crippen molar-refractivity contribution in [3.63, 3.8) is 0 Å². The molecule has 3 N–H and O–H groups in total. The van der Waals surface area contributed by atoms with Gasteiger partial charge in [0.2, 0.25) is 0 Å². The van der Waals surface area contributed by atoms with Crippen LogP contribution in [0.5, 0.6) is 5.75 Å². The Hall–Kier alpha value is -3.68. The molecule has 3 aromatic carbocycles. The molecular formula is C28H30N2O5. The van der Waals surface area contributed by atoms with Crippen molar-refractivity contribution in [2.45, 2.75) is 38.1 Å². The molecule has 2 atom stereocenters. The molecule has 1 fully saturated rings. The lowest BCUT2D eigenvalue weighted by Crippen LogP contribution is -2.48. The number of amides is 1. The largest absolute Gasteiger partial charge is 0.489 e. The standard InChI is InChI=1S/C28H30N2O5/c31-26-7-4-16-30(17-20-8-10-23(11-9-20)28(33)34)18-25(26)29-27(32)22-12-14-24(15-13-22)35-19-21-5-2-1-3-6-21/h1-3,5-6,8-15,25-26,31H,4,7,16-19H2,(H,29,32)(H,33,34). The SMILES string of the molecule is O=C(O)c1ccc(CN2CCCC(O)C(NC(=O)c3ccc(OCc4ccccc4)cc3)C2)cc1. The molecule has 3 aromatic rings. The number of nitrogens with one attached hydrogen (secondary N) is 1. The zero-order valence-corrected chi connectivity index (χ0v) is 19.5. The first kappa shape index (κ1) is 24.4. The zero-order chi connectivity index (χ0) is 24.6. The van der Waals surface area contributed by atoms with Crippen molar-refractivity contribution in [2.75, 3.05) is 13.1 Å². The van der Waals surface area contributed by atoms with Crippen LogP contribution >= 0.6 is 0 Å². The van der Waals surface area contributed by atoms with Crippen LogP contribution < -0.4 is 10.1 Å². The van der Waals surface area contributed by atoms with E-state index in [2.05, 4.69) is 10.2 Å². The van der Waals surface area contributed by atoms with Crippen LogP contribution in [0.4, 0.5) is 0 Å². The Morgan fingerprint density at radius 1 is 0.914 bits per heavy atom. The third kappa shape index (κ3) is 6.91. The first-order chi connectivity index (χ1) is 17.0. The summed E-state index contributed by atoms with van der Waals surface area (Å²) in [7, 11) is 0. The number of hydrogen-bond donors (Lipinski definition) is 3. The second-order valence-corrected chi connectivity index (χ2v) is 8.83. The van der Waals surface area contributed by atoms with Gasteiger partial charge >= 0.3 is 5.97 Å². The van der Waals surface area contributed by atoms with E-state index in [1.54, 1.807) is 48.5 Å². The molecule has 7 heteroatoms. The molecule has 2 unspecified atom stereocenters. The predicted molar refractivity (Wildman–Crippen MR) is 132 cm³/mol. The number of likely N-dealkylation sites (tertiary alicyclic amines) is 1. The van der Waals surface area contributed by atoms with Crippen LogP contribution in [-0.4, -0.2) is 52.2 Å². The molecule has 1 aliphatic rings. The van der Waals surface area contributed by atoms with Crippen LogP contribution in [0.1, 0.15) is 44.7 Å². The molecule has 35 heavy (non-hydrogen) atoms. The molecule has 0 aromatic heterocycles. The molecule has 4 rings (SSSR count). The van der Waals surface area contributed by atoms with Gasteiger partial charge in [0.05, 0.1) is 17.7 Å². The highest BCUT2D eigenvalue weighted by Crippen LogP contribution is 2.18.